The van der Waals surface area contributed by atoms with Gasteiger partial charge in [-0.2, -0.15) is 0 Å². The molecule has 6 rings (SSSR count). The predicted octanol–water partition coefficient (Wildman–Crippen LogP) is 0.543. The van der Waals surface area contributed by atoms with Crippen molar-refractivity contribution in [1.82, 2.24) is 35.9 Å². The van der Waals surface area contributed by atoms with Gasteiger partial charge in [0.15, 0.2) is 5.69 Å². The number of amidine groups is 1. The number of hydrogen-bond donors (Lipinski definition) is 5. The van der Waals surface area contributed by atoms with Crippen molar-refractivity contribution in [3.05, 3.63) is 57.0 Å². The molecule has 2 bridgehead atoms. The van der Waals surface area contributed by atoms with Crippen LogP contribution in [0.1, 0.15) is 66.5 Å². The number of aromatic hydroxyl groups is 1. The molecule has 1 saturated carbocycles. The molecule has 5 N–H and O–H groups in total. The first kappa shape index (κ1) is 29.2. The number of aliphatic imine (C=N–C) groups is 1. The third-order valence-corrected chi connectivity index (χ3v) is 8.47. The molecule has 4 heterocycles. The van der Waals surface area contributed by atoms with Gasteiger partial charge in [-0.05, 0) is 56.2 Å². The molecular weight excluding hydrogens is 547 g/mol. The Kier molecular flexibility index (Phi) is 7.51. The van der Waals surface area contributed by atoms with Crippen LogP contribution in [0.15, 0.2) is 28.0 Å². The van der Waals surface area contributed by atoms with Crippen molar-refractivity contribution in [3.8, 4) is 5.75 Å². The second-order valence-electron chi connectivity index (χ2n) is 11.5. The number of nitrogens with zero attached hydrogens (tertiary/aromatic N) is 4. The van der Waals surface area contributed by atoms with Crippen molar-refractivity contribution in [2.75, 3.05) is 14.1 Å². The van der Waals surface area contributed by atoms with Crippen LogP contribution in [0.25, 0.3) is 0 Å². The van der Waals surface area contributed by atoms with Crippen molar-refractivity contribution in [3.63, 3.8) is 0 Å². The van der Waals surface area contributed by atoms with Crippen molar-refractivity contribution in [2.24, 2.45) is 10.4 Å². The zero-order valence-electron chi connectivity index (χ0n) is 24.0. The Morgan fingerprint density at radius 1 is 1.21 bits per heavy atom. The number of benzene rings is 1. The summed E-state index contributed by atoms with van der Waals surface area (Å²) in [5.41, 5.74) is 4.08. The number of carbonyl (C=O) groups is 3. The lowest BCUT2D eigenvalue weighted by atomic mass is 9.67. The fourth-order valence-corrected chi connectivity index (χ4v) is 5.94. The normalized spacial score (nSPS) is 24.2. The van der Waals surface area contributed by atoms with E-state index in [1.165, 1.54) is 30.8 Å². The van der Waals surface area contributed by atoms with Gasteiger partial charge < -0.3 is 26.1 Å². The van der Waals surface area contributed by atoms with E-state index < -0.39 is 45.7 Å². The zero-order valence-corrected chi connectivity index (χ0v) is 24.0. The molecule has 224 valence electrons. The first-order valence-corrected chi connectivity index (χ1v) is 13.9. The number of rotatable bonds is 6. The molecule has 1 aromatic carbocycles. The molecule has 1 aromatic heterocycles. The summed E-state index contributed by atoms with van der Waals surface area (Å²) in [6, 6.07) is 4.39. The lowest BCUT2D eigenvalue weighted by Gasteiger charge is -2.42. The van der Waals surface area contributed by atoms with Gasteiger partial charge in [0, 0.05) is 32.6 Å². The number of amides is 3. The average molecular weight is 583 g/mol. The second kappa shape index (κ2) is 10.8. The minimum atomic E-state index is -1.25. The Balaban J connectivity index is 1.56. The Morgan fingerprint density at radius 3 is 2.55 bits per heavy atom. The van der Waals surface area contributed by atoms with Crippen LogP contribution in [0.5, 0.6) is 5.75 Å². The lowest BCUT2D eigenvalue weighted by molar-refractivity contribution is -0.145. The third kappa shape index (κ3) is 4.99. The van der Waals surface area contributed by atoms with Gasteiger partial charge in [0.1, 0.15) is 23.6 Å². The van der Waals surface area contributed by atoms with Crippen LogP contribution in [0.2, 0.25) is 0 Å². The van der Waals surface area contributed by atoms with E-state index in [4.69, 9.17) is 4.99 Å². The highest BCUT2D eigenvalue weighted by molar-refractivity contribution is 6.35. The highest BCUT2D eigenvalue weighted by atomic mass is 19.1. The summed E-state index contributed by atoms with van der Waals surface area (Å²) in [6.45, 7) is 3.69. The van der Waals surface area contributed by atoms with Crippen LogP contribution in [0.3, 0.4) is 0 Å². The number of hydrogen-bond acceptors (Lipinski definition) is 9. The van der Waals surface area contributed by atoms with Crippen LogP contribution < -0.4 is 27.0 Å². The molecule has 0 radical (unpaired) electrons. The van der Waals surface area contributed by atoms with E-state index in [9.17, 15) is 28.7 Å². The molecule has 1 fully saturated rings. The summed E-state index contributed by atoms with van der Waals surface area (Å²) in [4.78, 5) is 63.0. The fourth-order valence-electron chi connectivity index (χ4n) is 5.94. The topological polar surface area (TPSA) is 170 Å². The Morgan fingerprint density at radius 2 is 1.93 bits per heavy atom. The summed E-state index contributed by atoms with van der Waals surface area (Å²) < 4.78 is 15.0. The van der Waals surface area contributed by atoms with Gasteiger partial charge in [0.05, 0.1) is 5.54 Å². The standard InChI is InChI=1S/C28H35FN8O5/c1-5-18-31-25(35-34-18)27-8-10-28(11-9-27,33-22(40)24(42)36(3)4)26-32-19(20(38)23(41)37(26)14-27)21(39)30-13-16-6-7-17(29)15(2)12-16/h6-7,12,18,34,38H,5,8-11,13-14H2,1-4H3,(H,30,39)(H,31,35)(H,33,40). The number of aryl methyl sites for hydroxylation is 1. The minimum absolute atomic E-state index is 0.00108. The van der Waals surface area contributed by atoms with Gasteiger partial charge in [0.2, 0.25) is 5.75 Å². The SMILES string of the molecule is CCC1N=C(C23CCC(NC(=O)C(=O)N(C)C)(CC2)c2nc(C(=O)NCc4ccc(F)c(C)c4)c(O)c(=O)n2C3)NN1. The second-order valence-corrected chi connectivity index (χ2v) is 11.5. The maximum absolute atomic E-state index is 13.7. The van der Waals surface area contributed by atoms with E-state index in [1.807, 2.05) is 6.92 Å². The average Bonchev–Trinajstić information content (AvgIpc) is 3.37. The molecule has 1 aliphatic carbocycles. The van der Waals surface area contributed by atoms with Crippen molar-refractivity contribution < 1.29 is 23.9 Å². The van der Waals surface area contributed by atoms with Crippen LogP contribution >= 0.6 is 0 Å². The van der Waals surface area contributed by atoms with Gasteiger partial charge in [-0.15, -0.1) is 0 Å². The maximum atomic E-state index is 13.7. The lowest BCUT2D eigenvalue weighted by Crippen LogP contribution is -2.55. The first-order chi connectivity index (χ1) is 19.9. The molecule has 14 heteroatoms. The summed E-state index contributed by atoms with van der Waals surface area (Å²) >= 11 is 0. The quantitative estimate of drug-likeness (QED) is 0.308. The minimum Gasteiger partial charge on any atom is -0.501 e. The van der Waals surface area contributed by atoms with E-state index in [0.717, 1.165) is 11.3 Å². The Bertz CT molecular complexity index is 1540. The van der Waals surface area contributed by atoms with E-state index in [2.05, 4.69) is 26.5 Å². The number of aromatic nitrogens is 2. The molecule has 1 unspecified atom stereocenters. The molecule has 2 aromatic rings. The van der Waals surface area contributed by atoms with E-state index >= 15 is 0 Å². The molecular formula is C28H35FN8O5. The van der Waals surface area contributed by atoms with E-state index in [-0.39, 0.29) is 30.9 Å². The summed E-state index contributed by atoms with van der Waals surface area (Å²) in [7, 11) is 2.92. The number of hydrazine groups is 1. The molecule has 0 saturated heterocycles. The molecule has 1 atom stereocenters. The van der Waals surface area contributed by atoms with Crippen LogP contribution in [0.4, 0.5) is 4.39 Å². The highest BCUT2D eigenvalue weighted by Crippen LogP contribution is 2.50. The smallest absolute Gasteiger partial charge is 0.311 e. The van der Waals surface area contributed by atoms with Gasteiger partial charge in [0.25, 0.3) is 11.5 Å². The largest absolute Gasteiger partial charge is 0.501 e. The molecule has 4 aliphatic rings. The fraction of sp³-hybridized carbons (Fsp3) is 0.500. The Labute approximate surface area is 241 Å². The van der Waals surface area contributed by atoms with Gasteiger partial charge >= 0.3 is 11.8 Å². The van der Waals surface area contributed by atoms with Crippen molar-refractivity contribution in [2.45, 2.75) is 70.7 Å². The van der Waals surface area contributed by atoms with Crippen molar-refractivity contribution >= 4 is 23.6 Å². The van der Waals surface area contributed by atoms with Gasteiger partial charge in [-0.25, -0.2) is 14.8 Å². The molecule has 13 nitrogen and oxygen atoms in total. The molecule has 0 spiro atoms. The monoisotopic (exact) mass is 582 g/mol. The molecule has 3 amide bonds. The summed E-state index contributed by atoms with van der Waals surface area (Å²) in [5.74, 6) is -2.91. The van der Waals surface area contributed by atoms with Gasteiger partial charge in [-0.3, -0.25) is 28.7 Å². The predicted molar refractivity (Wildman–Crippen MR) is 150 cm³/mol. The first-order valence-electron chi connectivity index (χ1n) is 13.9. The van der Waals surface area contributed by atoms with Crippen LogP contribution in [-0.2, 0) is 28.2 Å². The highest BCUT2D eigenvalue weighted by Gasteiger charge is 2.54. The number of carbonyl (C=O) groups excluding carboxylic acids is 3. The zero-order chi connectivity index (χ0) is 30.4. The van der Waals surface area contributed by atoms with Crippen LogP contribution in [0, 0.1) is 18.2 Å². The van der Waals surface area contributed by atoms with E-state index in [0.29, 0.717) is 42.6 Å². The third-order valence-electron chi connectivity index (χ3n) is 8.47. The summed E-state index contributed by atoms with van der Waals surface area (Å²) in [5, 5.41) is 16.4. The molecule has 3 aliphatic heterocycles. The van der Waals surface area contributed by atoms with Crippen LogP contribution in [-0.4, -0.2) is 63.4 Å². The van der Waals surface area contributed by atoms with E-state index in [1.54, 1.807) is 13.0 Å². The number of fused-ring (bicyclic) bond motifs is 2. The van der Waals surface area contributed by atoms with Gasteiger partial charge in [-0.1, -0.05) is 19.1 Å². The molecule has 42 heavy (non-hydrogen) atoms. The van der Waals surface area contributed by atoms with Crippen molar-refractivity contribution in [1.29, 1.82) is 0 Å². The maximum Gasteiger partial charge on any atom is 0.311 e. The number of likely N-dealkylation sites (N-methyl/N-ethyl adjacent to an activating group) is 1. The number of halogens is 1. The Hall–Kier alpha value is -4.33. The number of nitrogens with one attached hydrogen (secondary N) is 4. The summed E-state index contributed by atoms with van der Waals surface area (Å²) in [6.07, 6.45) is 2.20.